The SMILES string of the molecule is COc1ccccc1CC(Br)C1C(C)OC(C)C1C. The lowest BCUT2D eigenvalue weighted by molar-refractivity contribution is 0.0511. The number of hydrogen-bond acceptors (Lipinski definition) is 2. The van der Waals surface area contributed by atoms with Crippen molar-refractivity contribution in [3.05, 3.63) is 29.8 Å². The predicted molar refractivity (Wildman–Crippen MR) is 82.1 cm³/mol. The van der Waals surface area contributed by atoms with Crippen molar-refractivity contribution in [1.29, 1.82) is 0 Å². The van der Waals surface area contributed by atoms with Gasteiger partial charge < -0.3 is 9.47 Å². The summed E-state index contributed by atoms with van der Waals surface area (Å²) in [5, 5.41) is 0. The molecule has 1 heterocycles. The van der Waals surface area contributed by atoms with E-state index >= 15 is 0 Å². The first-order chi connectivity index (χ1) is 9.04. The number of hydrogen-bond donors (Lipinski definition) is 0. The molecular weight excluding hydrogens is 304 g/mol. The second-order valence-corrected chi connectivity index (χ2v) is 6.69. The summed E-state index contributed by atoms with van der Waals surface area (Å²) in [7, 11) is 1.73. The van der Waals surface area contributed by atoms with E-state index in [1.165, 1.54) is 5.56 Å². The molecule has 5 unspecified atom stereocenters. The normalized spacial score (nSPS) is 32.3. The molecule has 2 nitrogen and oxygen atoms in total. The van der Waals surface area contributed by atoms with Crippen LogP contribution < -0.4 is 4.74 Å². The zero-order valence-corrected chi connectivity index (χ0v) is 13.7. The molecule has 0 N–H and O–H groups in total. The van der Waals surface area contributed by atoms with Crippen molar-refractivity contribution in [3.8, 4) is 5.75 Å². The zero-order chi connectivity index (χ0) is 14.0. The van der Waals surface area contributed by atoms with Crippen LogP contribution in [0.15, 0.2) is 24.3 Å². The summed E-state index contributed by atoms with van der Waals surface area (Å²) in [6.45, 7) is 6.64. The van der Waals surface area contributed by atoms with Gasteiger partial charge in [0, 0.05) is 10.7 Å². The third-order valence-electron chi connectivity index (χ3n) is 4.34. The van der Waals surface area contributed by atoms with Gasteiger partial charge in [-0.25, -0.2) is 0 Å². The van der Waals surface area contributed by atoms with Crippen LogP contribution in [0.2, 0.25) is 0 Å². The Hall–Kier alpha value is -0.540. The van der Waals surface area contributed by atoms with Crippen LogP contribution in [0.4, 0.5) is 0 Å². The van der Waals surface area contributed by atoms with Crippen LogP contribution in [0, 0.1) is 11.8 Å². The largest absolute Gasteiger partial charge is 0.496 e. The number of rotatable bonds is 4. The van der Waals surface area contributed by atoms with Crippen LogP contribution in [0.25, 0.3) is 0 Å². The van der Waals surface area contributed by atoms with Crippen molar-refractivity contribution < 1.29 is 9.47 Å². The topological polar surface area (TPSA) is 18.5 Å². The van der Waals surface area contributed by atoms with Gasteiger partial charge in [0.15, 0.2) is 0 Å². The Bertz CT molecular complexity index is 421. The van der Waals surface area contributed by atoms with E-state index in [0.29, 0.717) is 28.9 Å². The van der Waals surface area contributed by atoms with E-state index in [-0.39, 0.29) is 0 Å². The summed E-state index contributed by atoms with van der Waals surface area (Å²) in [5.74, 6) is 2.09. The molecule has 1 aromatic rings. The van der Waals surface area contributed by atoms with Gasteiger partial charge in [-0.05, 0) is 37.8 Å². The number of benzene rings is 1. The molecule has 0 aromatic heterocycles. The Balaban J connectivity index is 2.10. The third kappa shape index (κ3) is 3.14. The quantitative estimate of drug-likeness (QED) is 0.777. The average molecular weight is 327 g/mol. The third-order valence-corrected chi connectivity index (χ3v) is 5.28. The van der Waals surface area contributed by atoms with Gasteiger partial charge in [0.25, 0.3) is 0 Å². The average Bonchev–Trinajstić information content (AvgIpc) is 2.64. The minimum absolute atomic E-state index is 0.309. The lowest BCUT2D eigenvalue weighted by atomic mass is 9.84. The van der Waals surface area contributed by atoms with Crippen LogP contribution in [0.5, 0.6) is 5.75 Å². The van der Waals surface area contributed by atoms with Crippen molar-refractivity contribution in [3.63, 3.8) is 0 Å². The van der Waals surface area contributed by atoms with Crippen LogP contribution in [-0.2, 0) is 11.2 Å². The van der Waals surface area contributed by atoms with Gasteiger partial charge in [0.1, 0.15) is 5.75 Å². The summed E-state index contributed by atoms with van der Waals surface area (Å²) in [5.41, 5.74) is 1.26. The molecule has 0 bridgehead atoms. The molecule has 1 aromatic carbocycles. The molecule has 19 heavy (non-hydrogen) atoms. The molecule has 1 fully saturated rings. The lowest BCUT2D eigenvalue weighted by Crippen LogP contribution is -2.28. The molecular formula is C16H23BrO2. The maximum atomic E-state index is 5.94. The molecule has 0 radical (unpaired) electrons. The highest BCUT2D eigenvalue weighted by atomic mass is 79.9. The van der Waals surface area contributed by atoms with Gasteiger partial charge >= 0.3 is 0 Å². The summed E-state index contributed by atoms with van der Waals surface area (Å²) in [6.07, 6.45) is 1.63. The summed E-state index contributed by atoms with van der Waals surface area (Å²) in [4.78, 5) is 0.416. The highest BCUT2D eigenvalue weighted by molar-refractivity contribution is 9.09. The second-order valence-electron chi connectivity index (χ2n) is 5.51. The Morgan fingerprint density at radius 2 is 1.89 bits per heavy atom. The Morgan fingerprint density at radius 1 is 1.21 bits per heavy atom. The number of methoxy groups -OCH3 is 1. The van der Waals surface area contributed by atoms with Crippen LogP contribution in [-0.4, -0.2) is 24.1 Å². The van der Waals surface area contributed by atoms with Gasteiger partial charge in [0.05, 0.1) is 19.3 Å². The molecule has 1 saturated heterocycles. The minimum atomic E-state index is 0.309. The van der Waals surface area contributed by atoms with Crippen molar-refractivity contribution in [2.24, 2.45) is 11.8 Å². The van der Waals surface area contributed by atoms with Gasteiger partial charge in [-0.2, -0.15) is 0 Å². The van der Waals surface area contributed by atoms with Crippen molar-refractivity contribution >= 4 is 15.9 Å². The Labute approximate surface area is 124 Å². The van der Waals surface area contributed by atoms with E-state index in [0.717, 1.165) is 12.2 Å². The van der Waals surface area contributed by atoms with Crippen molar-refractivity contribution in [2.45, 2.75) is 44.2 Å². The molecule has 0 amide bonds. The molecule has 1 aliphatic heterocycles. The molecule has 0 saturated carbocycles. The Kier molecular flexibility index (Phi) is 4.91. The number of halogens is 1. The first-order valence-electron chi connectivity index (χ1n) is 6.96. The van der Waals surface area contributed by atoms with Gasteiger partial charge in [-0.1, -0.05) is 41.1 Å². The maximum Gasteiger partial charge on any atom is 0.122 e. The first kappa shape index (κ1) is 14.9. The van der Waals surface area contributed by atoms with Crippen molar-refractivity contribution in [1.82, 2.24) is 0 Å². The van der Waals surface area contributed by atoms with Gasteiger partial charge in [-0.15, -0.1) is 0 Å². The van der Waals surface area contributed by atoms with E-state index in [1.54, 1.807) is 7.11 Å². The maximum absolute atomic E-state index is 5.94. The fraction of sp³-hybridized carbons (Fsp3) is 0.625. The molecule has 3 heteroatoms. The predicted octanol–water partition coefficient (Wildman–Crippen LogP) is 4.06. The van der Waals surface area contributed by atoms with E-state index in [4.69, 9.17) is 9.47 Å². The van der Waals surface area contributed by atoms with E-state index in [2.05, 4.69) is 48.8 Å². The molecule has 2 rings (SSSR count). The van der Waals surface area contributed by atoms with Crippen molar-refractivity contribution in [2.75, 3.05) is 7.11 Å². The summed E-state index contributed by atoms with van der Waals surface area (Å²) in [6, 6.07) is 8.24. The molecule has 0 aliphatic carbocycles. The monoisotopic (exact) mass is 326 g/mol. The number of alkyl halides is 1. The van der Waals surface area contributed by atoms with Crippen LogP contribution in [0.1, 0.15) is 26.3 Å². The standard InChI is InChI=1S/C16H23BrO2/c1-10-11(2)19-12(3)16(10)14(17)9-13-7-5-6-8-15(13)18-4/h5-8,10-12,14,16H,9H2,1-4H3. The number of ether oxygens (including phenoxy) is 2. The zero-order valence-electron chi connectivity index (χ0n) is 12.1. The second kappa shape index (κ2) is 6.27. The lowest BCUT2D eigenvalue weighted by Gasteiger charge is -2.25. The molecule has 106 valence electrons. The summed E-state index contributed by atoms with van der Waals surface area (Å²) < 4.78 is 11.4. The van der Waals surface area contributed by atoms with Crippen LogP contribution in [0.3, 0.4) is 0 Å². The Morgan fingerprint density at radius 3 is 2.47 bits per heavy atom. The fourth-order valence-corrected chi connectivity index (χ4v) is 4.39. The van der Waals surface area contributed by atoms with Gasteiger partial charge in [-0.3, -0.25) is 0 Å². The molecule has 5 atom stereocenters. The molecule has 1 aliphatic rings. The smallest absolute Gasteiger partial charge is 0.122 e. The number of para-hydroxylation sites is 1. The first-order valence-corrected chi connectivity index (χ1v) is 7.87. The molecule has 0 spiro atoms. The van der Waals surface area contributed by atoms with E-state index < -0.39 is 0 Å². The van der Waals surface area contributed by atoms with Gasteiger partial charge in [0.2, 0.25) is 0 Å². The minimum Gasteiger partial charge on any atom is -0.496 e. The van der Waals surface area contributed by atoms with E-state index in [1.807, 2.05) is 12.1 Å². The highest BCUT2D eigenvalue weighted by Gasteiger charge is 2.40. The fourth-order valence-electron chi connectivity index (χ4n) is 3.13. The summed E-state index contributed by atoms with van der Waals surface area (Å²) >= 11 is 3.88. The highest BCUT2D eigenvalue weighted by Crippen LogP contribution is 2.39. The van der Waals surface area contributed by atoms with E-state index in [9.17, 15) is 0 Å². The van der Waals surface area contributed by atoms with Crippen LogP contribution >= 0.6 is 15.9 Å².